The van der Waals surface area contributed by atoms with E-state index < -0.39 is 11.2 Å². The maximum Gasteiger partial charge on any atom is 0.332 e. The summed E-state index contributed by atoms with van der Waals surface area (Å²) in [5, 5.41) is 13.7. The average molecular weight is 382 g/mol. The number of imidazole rings is 1. The van der Waals surface area contributed by atoms with Crippen LogP contribution in [0.3, 0.4) is 0 Å². The zero-order chi connectivity index (χ0) is 20.6. The van der Waals surface area contributed by atoms with E-state index in [-0.39, 0.29) is 11.4 Å². The fourth-order valence-corrected chi connectivity index (χ4v) is 2.86. The lowest BCUT2D eigenvalue weighted by Crippen LogP contribution is -2.37. The minimum atomic E-state index is -0.451. The molecular formula is C19H22N6O3. The predicted molar refractivity (Wildman–Crippen MR) is 109 cm³/mol. The van der Waals surface area contributed by atoms with E-state index in [9.17, 15) is 14.7 Å². The molecule has 0 radical (unpaired) electrons. The van der Waals surface area contributed by atoms with Gasteiger partial charge in [0.15, 0.2) is 11.2 Å². The molecule has 3 rings (SSSR count). The molecular weight excluding hydrogens is 360 g/mol. The van der Waals surface area contributed by atoms with Crippen LogP contribution < -0.4 is 16.7 Å². The van der Waals surface area contributed by atoms with Crippen LogP contribution in [0.25, 0.3) is 11.2 Å². The van der Waals surface area contributed by atoms with E-state index >= 15 is 0 Å². The first-order valence-corrected chi connectivity index (χ1v) is 8.61. The Morgan fingerprint density at radius 2 is 1.82 bits per heavy atom. The van der Waals surface area contributed by atoms with Gasteiger partial charge in [0, 0.05) is 20.6 Å². The molecule has 2 N–H and O–H groups in total. The van der Waals surface area contributed by atoms with Crippen molar-refractivity contribution in [2.75, 3.05) is 5.43 Å². The number of phenolic OH excluding ortho intramolecular Hbond substituents is 1. The fraction of sp³-hybridized carbons (Fsp3) is 0.263. The summed E-state index contributed by atoms with van der Waals surface area (Å²) in [6.07, 6.45) is 0. The van der Waals surface area contributed by atoms with Gasteiger partial charge in [-0.1, -0.05) is 12.2 Å². The van der Waals surface area contributed by atoms with Gasteiger partial charge in [-0.05, 0) is 43.7 Å². The maximum absolute atomic E-state index is 12.7. The van der Waals surface area contributed by atoms with E-state index in [1.54, 1.807) is 42.8 Å². The highest BCUT2D eigenvalue weighted by Crippen LogP contribution is 2.18. The third kappa shape index (κ3) is 3.34. The van der Waals surface area contributed by atoms with Gasteiger partial charge >= 0.3 is 5.69 Å². The second kappa shape index (κ2) is 7.18. The standard InChI is InChI=1S/C19H22N6O3/c1-11(2)10-25-15-16(23(4)19(28)24(5)17(15)27)20-18(25)22-21-12(3)13-6-8-14(26)9-7-13/h6-9,26H,1,10H2,2-5H3,(H,20,22). The highest BCUT2D eigenvalue weighted by atomic mass is 16.3. The molecule has 0 spiro atoms. The van der Waals surface area contributed by atoms with E-state index in [0.29, 0.717) is 23.7 Å². The Labute approximate surface area is 160 Å². The van der Waals surface area contributed by atoms with Gasteiger partial charge in [-0.15, -0.1) is 0 Å². The number of allylic oxidation sites excluding steroid dienone is 1. The summed E-state index contributed by atoms with van der Waals surface area (Å²) in [6, 6.07) is 6.63. The Morgan fingerprint density at radius 1 is 1.18 bits per heavy atom. The highest BCUT2D eigenvalue weighted by Gasteiger charge is 2.19. The van der Waals surface area contributed by atoms with Crippen LogP contribution >= 0.6 is 0 Å². The molecule has 0 bridgehead atoms. The topological polar surface area (TPSA) is 106 Å². The van der Waals surface area contributed by atoms with Crippen molar-refractivity contribution in [1.29, 1.82) is 0 Å². The Balaban J connectivity index is 2.13. The van der Waals surface area contributed by atoms with E-state index in [1.807, 2.05) is 6.92 Å². The molecule has 9 nitrogen and oxygen atoms in total. The summed E-state index contributed by atoms with van der Waals surface area (Å²) in [4.78, 5) is 29.3. The molecule has 0 saturated carbocycles. The number of nitrogens with zero attached hydrogens (tertiary/aromatic N) is 5. The molecule has 2 aromatic heterocycles. The number of hydrogen-bond donors (Lipinski definition) is 2. The Kier molecular flexibility index (Phi) is 4.91. The number of nitrogens with one attached hydrogen (secondary N) is 1. The Morgan fingerprint density at radius 3 is 2.43 bits per heavy atom. The maximum atomic E-state index is 12.7. The molecule has 0 unspecified atom stereocenters. The third-order valence-corrected chi connectivity index (χ3v) is 4.38. The number of aromatic nitrogens is 4. The summed E-state index contributed by atoms with van der Waals surface area (Å²) in [7, 11) is 3.00. The lowest BCUT2D eigenvalue weighted by atomic mass is 10.1. The Bertz CT molecular complexity index is 1210. The van der Waals surface area contributed by atoms with Gasteiger partial charge in [-0.2, -0.15) is 10.1 Å². The first kappa shape index (κ1) is 19.2. The predicted octanol–water partition coefficient (Wildman–Crippen LogP) is 1.55. The zero-order valence-corrected chi connectivity index (χ0v) is 16.2. The van der Waals surface area contributed by atoms with Crippen LogP contribution in [0.4, 0.5) is 5.95 Å². The van der Waals surface area contributed by atoms with Gasteiger partial charge in [0.25, 0.3) is 5.56 Å². The van der Waals surface area contributed by atoms with Crippen LogP contribution in [-0.4, -0.2) is 29.5 Å². The number of rotatable bonds is 5. The fourth-order valence-electron chi connectivity index (χ4n) is 2.86. The summed E-state index contributed by atoms with van der Waals surface area (Å²) in [5.74, 6) is 0.499. The number of aryl methyl sites for hydroxylation is 1. The molecule has 0 aliphatic heterocycles. The Hall–Kier alpha value is -3.62. The van der Waals surface area contributed by atoms with Gasteiger partial charge in [0.05, 0.1) is 5.71 Å². The zero-order valence-electron chi connectivity index (χ0n) is 16.2. The average Bonchev–Trinajstić information content (AvgIpc) is 3.01. The van der Waals surface area contributed by atoms with E-state index in [2.05, 4.69) is 22.1 Å². The molecule has 146 valence electrons. The summed E-state index contributed by atoms with van der Waals surface area (Å²) < 4.78 is 4.04. The monoisotopic (exact) mass is 382 g/mol. The van der Waals surface area contributed by atoms with Crippen molar-refractivity contribution in [1.82, 2.24) is 18.7 Å². The second-order valence-corrected chi connectivity index (χ2v) is 6.71. The first-order valence-electron chi connectivity index (χ1n) is 8.61. The number of anilines is 1. The second-order valence-electron chi connectivity index (χ2n) is 6.71. The third-order valence-electron chi connectivity index (χ3n) is 4.38. The number of benzene rings is 1. The van der Waals surface area contributed by atoms with E-state index in [4.69, 9.17) is 0 Å². The van der Waals surface area contributed by atoms with Gasteiger partial charge in [-0.25, -0.2) is 10.2 Å². The molecule has 0 atom stereocenters. The first-order chi connectivity index (χ1) is 13.2. The van der Waals surface area contributed by atoms with Crippen molar-refractivity contribution in [3.05, 3.63) is 62.8 Å². The molecule has 0 aliphatic rings. The van der Waals surface area contributed by atoms with Crippen LogP contribution in [0, 0.1) is 0 Å². The van der Waals surface area contributed by atoms with Crippen LogP contribution in [0.5, 0.6) is 5.75 Å². The minimum absolute atomic E-state index is 0.171. The number of hydrogen-bond acceptors (Lipinski definition) is 6. The number of phenols is 1. The van der Waals surface area contributed by atoms with Crippen molar-refractivity contribution in [3.63, 3.8) is 0 Å². The largest absolute Gasteiger partial charge is 0.508 e. The molecule has 9 heteroatoms. The van der Waals surface area contributed by atoms with Crippen molar-refractivity contribution in [2.24, 2.45) is 19.2 Å². The van der Waals surface area contributed by atoms with Gasteiger partial charge in [0.1, 0.15) is 5.75 Å². The summed E-state index contributed by atoms with van der Waals surface area (Å²) >= 11 is 0. The smallest absolute Gasteiger partial charge is 0.332 e. The van der Waals surface area contributed by atoms with Crippen LogP contribution in [-0.2, 0) is 20.6 Å². The molecule has 0 aliphatic carbocycles. The highest BCUT2D eigenvalue weighted by molar-refractivity contribution is 5.99. The molecule has 1 aromatic carbocycles. The SMILES string of the molecule is C=C(C)Cn1c(NN=C(C)c2ccc(O)cc2)nc2c1c(=O)n(C)c(=O)n2C. The number of hydrazone groups is 1. The number of fused-ring (bicyclic) bond motifs is 1. The van der Waals surface area contributed by atoms with Gasteiger partial charge < -0.3 is 5.11 Å². The van der Waals surface area contributed by atoms with Gasteiger partial charge in [0.2, 0.25) is 5.95 Å². The molecule has 3 aromatic rings. The molecule has 0 fully saturated rings. The molecule has 0 saturated heterocycles. The van der Waals surface area contributed by atoms with Crippen molar-refractivity contribution >= 4 is 22.8 Å². The number of aromatic hydroxyl groups is 1. The van der Waals surface area contributed by atoms with Gasteiger partial charge in [-0.3, -0.25) is 18.5 Å². The normalized spacial score (nSPS) is 11.8. The van der Waals surface area contributed by atoms with E-state index in [1.165, 1.54) is 11.6 Å². The van der Waals surface area contributed by atoms with Crippen LogP contribution in [0.15, 0.2) is 51.1 Å². The minimum Gasteiger partial charge on any atom is -0.508 e. The van der Waals surface area contributed by atoms with Crippen LogP contribution in [0.2, 0.25) is 0 Å². The summed E-state index contributed by atoms with van der Waals surface area (Å²) in [5.41, 5.74) is 4.87. The summed E-state index contributed by atoms with van der Waals surface area (Å²) in [6.45, 7) is 7.90. The molecule has 2 heterocycles. The lowest BCUT2D eigenvalue weighted by molar-refractivity contribution is 0.475. The quantitative estimate of drug-likeness (QED) is 0.396. The van der Waals surface area contributed by atoms with Crippen molar-refractivity contribution in [2.45, 2.75) is 20.4 Å². The lowest BCUT2D eigenvalue weighted by Gasteiger charge is -2.09. The molecule has 0 amide bonds. The van der Waals surface area contributed by atoms with Crippen molar-refractivity contribution in [3.8, 4) is 5.75 Å². The molecule has 28 heavy (non-hydrogen) atoms. The van der Waals surface area contributed by atoms with Crippen molar-refractivity contribution < 1.29 is 5.11 Å². The van der Waals surface area contributed by atoms with E-state index in [0.717, 1.165) is 15.7 Å². The van der Waals surface area contributed by atoms with Crippen LogP contribution in [0.1, 0.15) is 19.4 Å².